The van der Waals surface area contributed by atoms with Crippen LogP contribution >= 0.6 is 0 Å². The van der Waals surface area contributed by atoms with E-state index in [2.05, 4.69) is 34.3 Å². The Morgan fingerprint density at radius 2 is 2.21 bits per heavy atom. The maximum Gasteiger partial charge on any atom is 0.318 e. The number of hydrogen-bond acceptors (Lipinski definition) is 5. The first-order valence-electron chi connectivity index (χ1n) is 8.14. The number of aromatic amines is 1. The zero-order valence-electron chi connectivity index (χ0n) is 14.7. The fourth-order valence-corrected chi connectivity index (χ4v) is 2.70. The highest BCUT2D eigenvalue weighted by molar-refractivity contribution is 5.88. The molecule has 0 bridgehead atoms. The number of aromatic nitrogens is 3. The van der Waals surface area contributed by atoms with Crippen LogP contribution < -0.4 is 5.32 Å². The third-order valence-electron chi connectivity index (χ3n) is 3.85. The normalized spacial score (nSPS) is 18.4. The molecule has 24 heavy (non-hydrogen) atoms. The van der Waals surface area contributed by atoms with Crippen molar-refractivity contribution < 1.29 is 14.3 Å². The minimum Gasteiger partial charge on any atom is -0.377 e. The highest BCUT2D eigenvalue weighted by Gasteiger charge is 2.34. The van der Waals surface area contributed by atoms with Crippen molar-refractivity contribution in [2.45, 2.75) is 40.0 Å². The summed E-state index contributed by atoms with van der Waals surface area (Å²) in [7, 11) is 1.56. The Hall–Kier alpha value is -2.16. The van der Waals surface area contributed by atoms with Gasteiger partial charge in [0.15, 0.2) is 5.82 Å². The van der Waals surface area contributed by atoms with E-state index in [1.807, 2.05) is 4.90 Å². The van der Waals surface area contributed by atoms with Gasteiger partial charge in [0, 0.05) is 26.7 Å². The van der Waals surface area contributed by atoms with E-state index >= 15 is 0 Å². The molecule has 2 N–H and O–H groups in total. The van der Waals surface area contributed by atoms with Crippen LogP contribution in [0.25, 0.3) is 0 Å². The molecule has 9 heteroatoms. The van der Waals surface area contributed by atoms with Crippen molar-refractivity contribution in [1.29, 1.82) is 0 Å². The lowest BCUT2D eigenvalue weighted by molar-refractivity contribution is -0.139. The fraction of sp³-hybridized carbons (Fsp3) is 0.733. The highest BCUT2D eigenvalue weighted by atomic mass is 16.5. The molecule has 1 unspecified atom stereocenters. The number of carbonyl (C=O) groups excluding carboxylic acids is 2. The molecule has 0 spiro atoms. The number of urea groups is 1. The Morgan fingerprint density at radius 1 is 1.46 bits per heavy atom. The van der Waals surface area contributed by atoms with Crippen LogP contribution in [0.4, 0.5) is 4.79 Å². The molecule has 9 nitrogen and oxygen atoms in total. The average molecular weight is 338 g/mol. The largest absolute Gasteiger partial charge is 0.377 e. The van der Waals surface area contributed by atoms with Crippen LogP contribution in [0, 0.1) is 5.92 Å². The van der Waals surface area contributed by atoms with E-state index in [0.717, 1.165) is 6.54 Å². The van der Waals surface area contributed by atoms with Crippen LogP contribution in [0.2, 0.25) is 0 Å². The van der Waals surface area contributed by atoms with Crippen molar-refractivity contribution in [3.63, 3.8) is 0 Å². The fourth-order valence-electron chi connectivity index (χ4n) is 2.70. The number of methoxy groups -OCH3 is 1. The molecule has 2 rings (SSSR count). The van der Waals surface area contributed by atoms with Gasteiger partial charge in [0.1, 0.15) is 18.5 Å². The van der Waals surface area contributed by atoms with Crippen molar-refractivity contribution in [3.05, 3.63) is 11.6 Å². The quantitative estimate of drug-likeness (QED) is 0.779. The Kier molecular flexibility index (Phi) is 6.13. The smallest absolute Gasteiger partial charge is 0.318 e. The summed E-state index contributed by atoms with van der Waals surface area (Å²) in [5.74, 6) is 1.49. The van der Waals surface area contributed by atoms with Crippen LogP contribution in [0.3, 0.4) is 0 Å². The van der Waals surface area contributed by atoms with Gasteiger partial charge in [-0.3, -0.25) is 9.89 Å². The maximum absolute atomic E-state index is 12.4. The Morgan fingerprint density at radius 3 is 2.88 bits per heavy atom. The summed E-state index contributed by atoms with van der Waals surface area (Å²) in [5.41, 5.74) is 0. The average Bonchev–Trinajstić information content (AvgIpc) is 2.97. The van der Waals surface area contributed by atoms with Crippen LogP contribution in [-0.4, -0.2) is 69.7 Å². The van der Waals surface area contributed by atoms with E-state index in [0.29, 0.717) is 37.3 Å². The van der Waals surface area contributed by atoms with E-state index in [4.69, 9.17) is 4.74 Å². The lowest BCUT2D eigenvalue weighted by atomic mass is 10.1. The van der Waals surface area contributed by atoms with Gasteiger partial charge in [0.25, 0.3) is 0 Å². The Bertz CT molecular complexity index is 573. The summed E-state index contributed by atoms with van der Waals surface area (Å²) in [5, 5.41) is 9.49. The van der Waals surface area contributed by atoms with Gasteiger partial charge in [0.2, 0.25) is 5.91 Å². The minimum atomic E-state index is -0.462. The zero-order valence-corrected chi connectivity index (χ0v) is 14.7. The van der Waals surface area contributed by atoms with Crippen molar-refractivity contribution in [2.75, 3.05) is 26.7 Å². The molecule has 0 saturated carbocycles. The van der Waals surface area contributed by atoms with Gasteiger partial charge in [0.05, 0.1) is 6.54 Å². The van der Waals surface area contributed by atoms with E-state index < -0.39 is 6.04 Å². The van der Waals surface area contributed by atoms with Crippen LogP contribution in [0.5, 0.6) is 0 Å². The number of ether oxygens (including phenoxy) is 1. The molecule has 1 fully saturated rings. The predicted octanol–water partition coefficient (Wildman–Crippen LogP) is 0.349. The first-order chi connectivity index (χ1) is 11.4. The molecule has 2 heterocycles. The van der Waals surface area contributed by atoms with Crippen molar-refractivity contribution in [3.8, 4) is 0 Å². The second kappa shape index (κ2) is 8.09. The molecular weight excluding hydrogens is 312 g/mol. The predicted molar refractivity (Wildman–Crippen MR) is 86.9 cm³/mol. The van der Waals surface area contributed by atoms with Crippen LogP contribution in [0.15, 0.2) is 0 Å². The van der Waals surface area contributed by atoms with Crippen LogP contribution in [-0.2, 0) is 22.7 Å². The number of carbonyl (C=O) groups is 2. The molecule has 1 aliphatic heterocycles. The molecule has 0 aliphatic carbocycles. The second-order valence-corrected chi connectivity index (χ2v) is 6.34. The molecule has 1 aromatic rings. The van der Waals surface area contributed by atoms with Crippen molar-refractivity contribution in [2.24, 2.45) is 5.92 Å². The number of rotatable bonds is 6. The lowest BCUT2D eigenvalue weighted by Gasteiger charge is -2.39. The Balaban J connectivity index is 1.87. The summed E-state index contributed by atoms with van der Waals surface area (Å²) >= 11 is 0. The molecule has 1 atom stereocenters. The topological polar surface area (TPSA) is 103 Å². The van der Waals surface area contributed by atoms with Crippen LogP contribution in [0.1, 0.15) is 32.4 Å². The van der Waals surface area contributed by atoms with Gasteiger partial charge >= 0.3 is 6.03 Å². The number of nitrogens with one attached hydrogen (secondary N) is 2. The summed E-state index contributed by atoms with van der Waals surface area (Å²) in [6.45, 7) is 8.26. The second-order valence-electron chi connectivity index (χ2n) is 6.34. The summed E-state index contributed by atoms with van der Waals surface area (Å²) in [6.07, 6.45) is 0. The summed E-state index contributed by atoms with van der Waals surface area (Å²) in [6, 6.07) is -0.735. The third-order valence-corrected chi connectivity index (χ3v) is 3.85. The summed E-state index contributed by atoms with van der Waals surface area (Å²) < 4.78 is 4.94. The van der Waals surface area contributed by atoms with E-state index in [1.165, 1.54) is 0 Å². The van der Waals surface area contributed by atoms with Gasteiger partial charge in [-0.15, -0.1) is 0 Å². The molecule has 1 aromatic heterocycles. The molecular formula is C15H26N6O3. The van der Waals surface area contributed by atoms with Gasteiger partial charge in [-0.1, -0.05) is 13.8 Å². The van der Waals surface area contributed by atoms with Crippen molar-refractivity contribution >= 4 is 11.9 Å². The molecule has 134 valence electrons. The minimum absolute atomic E-state index is 0.00727. The molecule has 1 saturated heterocycles. The monoisotopic (exact) mass is 338 g/mol. The van der Waals surface area contributed by atoms with Gasteiger partial charge in [-0.25, -0.2) is 9.78 Å². The van der Waals surface area contributed by atoms with E-state index in [-0.39, 0.29) is 18.5 Å². The lowest BCUT2D eigenvalue weighted by Crippen LogP contribution is -2.59. The first kappa shape index (κ1) is 18.2. The maximum atomic E-state index is 12.4. The molecule has 0 radical (unpaired) electrons. The number of nitrogens with zero attached hydrogens (tertiary/aromatic N) is 4. The number of piperazine rings is 1. The molecule has 1 aliphatic rings. The van der Waals surface area contributed by atoms with Gasteiger partial charge < -0.3 is 19.9 Å². The van der Waals surface area contributed by atoms with Gasteiger partial charge in [-0.2, -0.15) is 5.10 Å². The third kappa shape index (κ3) is 4.44. The molecule has 3 amide bonds. The molecule has 0 aromatic carbocycles. The van der Waals surface area contributed by atoms with Crippen molar-refractivity contribution in [1.82, 2.24) is 30.3 Å². The number of amides is 3. The van der Waals surface area contributed by atoms with Gasteiger partial charge in [-0.05, 0) is 12.8 Å². The summed E-state index contributed by atoms with van der Waals surface area (Å²) in [4.78, 5) is 32.3. The number of H-pyrrole nitrogens is 1. The standard InChI is InChI=1S/C15H26N6O3/c1-10(2)8-20-5-6-21(11(3)14(20)22)15(23)16-7-12-17-13(9-24-4)19-18-12/h10-11H,5-9H2,1-4H3,(H,16,23)(H,17,18,19). The van der Waals surface area contributed by atoms with E-state index in [1.54, 1.807) is 18.9 Å². The number of hydrogen-bond donors (Lipinski definition) is 2. The first-order valence-corrected chi connectivity index (χ1v) is 8.14. The highest BCUT2D eigenvalue weighted by Crippen LogP contribution is 2.13. The zero-order chi connectivity index (χ0) is 17.7. The van der Waals surface area contributed by atoms with E-state index in [9.17, 15) is 9.59 Å². The SMILES string of the molecule is COCc1n[nH]c(CNC(=O)N2CCN(CC(C)C)C(=O)C2C)n1. The Labute approximate surface area is 141 Å².